The Morgan fingerprint density at radius 1 is 1.50 bits per heavy atom. The molecule has 128 valence electrons. The first-order chi connectivity index (χ1) is 11.6. The fourth-order valence-electron chi connectivity index (χ4n) is 2.69. The zero-order chi connectivity index (χ0) is 17.1. The van der Waals surface area contributed by atoms with E-state index in [4.69, 9.17) is 4.74 Å². The van der Waals surface area contributed by atoms with Crippen LogP contribution in [0.3, 0.4) is 0 Å². The molecule has 1 aliphatic rings. The van der Waals surface area contributed by atoms with Crippen molar-refractivity contribution in [2.75, 3.05) is 20.2 Å². The molecule has 0 unspecified atom stereocenters. The number of aliphatic hydroxyl groups is 1. The Morgan fingerprint density at radius 3 is 3.00 bits per heavy atom. The summed E-state index contributed by atoms with van der Waals surface area (Å²) >= 11 is 0. The molecule has 8 heteroatoms. The molecule has 2 aromatic heterocycles. The molecular weight excluding hydrogens is 310 g/mol. The van der Waals surface area contributed by atoms with E-state index in [1.54, 1.807) is 23.0 Å². The van der Waals surface area contributed by atoms with E-state index in [0.717, 1.165) is 12.2 Å². The van der Waals surface area contributed by atoms with Crippen LogP contribution in [0, 0.1) is 6.92 Å². The lowest BCUT2D eigenvalue weighted by Gasteiger charge is -2.29. The Balaban J connectivity index is 1.80. The molecule has 2 atom stereocenters. The van der Waals surface area contributed by atoms with E-state index in [0.29, 0.717) is 24.5 Å². The molecule has 3 N–H and O–H groups in total. The van der Waals surface area contributed by atoms with Crippen LogP contribution in [0.1, 0.15) is 22.6 Å². The standard InChI is InChI=1S/C16H21N5O3/c1-10-8-21(9-18-10)13-4-3-11(20-16(13)24-2)15(23)19-12-7-17-6-5-14(12)22/h3-4,8-9,12,14,17,22H,5-7H2,1-2H3,(H,19,23)/t12-,14-/m1/s1. The van der Waals surface area contributed by atoms with Crippen molar-refractivity contribution in [3.8, 4) is 11.6 Å². The van der Waals surface area contributed by atoms with Crippen LogP contribution in [0.2, 0.25) is 0 Å². The van der Waals surface area contributed by atoms with Gasteiger partial charge in [-0.1, -0.05) is 0 Å². The van der Waals surface area contributed by atoms with Crippen LogP contribution in [-0.2, 0) is 0 Å². The van der Waals surface area contributed by atoms with Crippen molar-refractivity contribution in [1.82, 2.24) is 25.2 Å². The molecule has 1 saturated heterocycles. The number of carbonyl (C=O) groups is 1. The van der Waals surface area contributed by atoms with Crippen LogP contribution in [-0.4, -0.2) is 57.9 Å². The van der Waals surface area contributed by atoms with Crippen LogP contribution in [0.5, 0.6) is 5.88 Å². The number of amides is 1. The van der Waals surface area contributed by atoms with Gasteiger partial charge in [-0.15, -0.1) is 0 Å². The lowest BCUT2D eigenvalue weighted by Crippen LogP contribution is -2.53. The number of methoxy groups -OCH3 is 1. The zero-order valence-electron chi connectivity index (χ0n) is 13.7. The maximum absolute atomic E-state index is 12.4. The summed E-state index contributed by atoms with van der Waals surface area (Å²) in [5, 5.41) is 15.9. The number of rotatable bonds is 4. The normalized spacial score (nSPS) is 20.6. The van der Waals surface area contributed by atoms with E-state index < -0.39 is 6.10 Å². The SMILES string of the molecule is COc1nc(C(=O)N[C@@H]2CNCC[C@H]2O)ccc1-n1cnc(C)c1. The van der Waals surface area contributed by atoms with Crippen LogP contribution < -0.4 is 15.4 Å². The molecule has 3 heterocycles. The maximum Gasteiger partial charge on any atom is 0.270 e. The second-order valence-corrected chi connectivity index (χ2v) is 5.79. The number of carbonyl (C=O) groups excluding carboxylic acids is 1. The van der Waals surface area contributed by atoms with Gasteiger partial charge < -0.3 is 25.0 Å². The number of aryl methyl sites for hydroxylation is 1. The summed E-state index contributed by atoms with van der Waals surface area (Å²) in [5.41, 5.74) is 1.82. The fourth-order valence-corrected chi connectivity index (χ4v) is 2.69. The number of nitrogens with one attached hydrogen (secondary N) is 2. The monoisotopic (exact) mass is 331 g/mol. The number of ether oxygens (including phenoxy) is 1. The van der Waals surface area contributed by atoms with Gasteiger partial charge in [-0.2, -0.15) is 0 Å². The van der Waals surface area contributed by atoms with Gasteiger partial charge in [-0.3, -0.25) is 4.79 Å². The van der Waals surface area contributed by atoms with E-state index in [-0.39, 0.29) is 17.6 Å². The molecule has 0 aliphatic carbocycles. The first-order valence-corrected chi connectivity index (χ1v) is 7.84. The first-order valence-electron chi connectivity index (χ1n) is 7.84. The lowest BCUT2D eigenvalue weighted by atomic mass is 10.0. The van der Waals surface area contributed by atoms with E-state index in [2.05, 4.69) is 20.6 Å². The van der Waals surface area contributed by atoms with Crippen LogP contribution in [0.25, 0.3) is 5.69 Å². The Bertz CT molecular complexity index is 730. The van der Waals surface area contributed by atoms with Crippen molar-refractivity contribution in [2.24, 2.45) is 0 Å². The van der Waals surface area contributed by atoms with Crippen molar-refractivity contribution in [1.29, 1.82) is 0 Å². The van der Waals surface area contributed by atoms with E-state index in [9.17, 15) is 9.90 Å². The lowest BCUT2D eigenvalue weighted by molar-refractivity contribution is 0.0750. The average molecular weight is 331 g/mol. The molecule has 0 radical (unpaired) electrons. The van der Waals surface area contributed by atoms with E-state index in [1.807, 2.05) is 13.1 Å². The van der Waals surface area contributed by atoms with Gasteiger partial charge in [0, 0.05) is 12.7 Å². The summed E-state index contributed by atoms with van der Waals surface area (Å²) in [6.45, 7) is 3.18. The van der Waals surface area contributed by atoms with Crippen LogP contribution in [0.15, 0.2) is 24.7 Å². The third-order valence-electron chi connectivity index (χ3n) is 4.02. The minimum absolute atomic E-state index is 0.241. The van der Waals surface area contributed by atoms with Gasteiger partial charge in [-0.25, -0.2) is 9.97 Å². The highest BCUT2D eigenvalue weighted by atomic mass is 16.5. The highest BCUT2D eigenvalue weighted by Gasteiger charge is 2.25. The van der Waals surface area contributed by atoms with Crippen LogP contribution >= 0.6 is 0 Å². The highest BCUT2D eigenvalue weighted by Crippen LogP contribution is 2.21. The molecule has 2 aromatic rings. The average Bonchev–Trinajstić information content (AvgIpc) is 3.02. The Kier molecular flexibility index (Phi) is 4.77. The summed E-state index contributed by atoms with van der Waals surface area (Å²) in [5.74, 6) is -0.00298. The van der Waals surface area contributed by atoms with Crippen molar-refractivity contribution in [3.05, 3.63) is 36.0 Å². The van der Waals surface area contributed by atoms with Crippen molar-refractivity contribution in [2.45, 2.75) is 25.5 Å². The summed E-state index contributed by atoms with van der Waals surface area (Å²) in [4.78, 5) is 20.9. The smallest absolute Gasteiger partial charge is 0.270 e. The van der Waals surface area contributed by atoms with Gasteiger partial charge in [0.25, 0.3) is 5.91 Å². The minimum atomic E-state index is -0.551. The minimum Gasteiger partial charge on any atom is -0.479 e. The highest BCUT2D eigenvalue weighted by molar-refractivity contribution is 5.93. The number of nitrogens with zero attached hydrogens (tertiary/aromatic N) is 3. The molecule has 3 rings (SSSR count). The van der Waals surface area contributed by atoms with Crippen molar-refractivity contribution in [3.63, 3.8) is 0 Å². The molecule has 0 bridgehead atoms. The predicted molar refractivity (Wildman–Crippen MR) is 87.4 cm³/mol. The third-order valence-corrected chi connectivity index (χ3v) is 4.02. The zero-order valence-corrected chi connectivity index (χ0v) is 13.7. The quantitative estimate of drug-likeness (QED) is 0.731. The topological polar surface area (TPSA) is 101 Å². The van der Waals surface area contributed by atoms with Gasteiger partial charge in [0.2, 0.25) is 5.88 Å². The fraction of sp³-hybridized carbons (Fsp3) is 0.438. The second-order valence-electron chi connectivity index (χ2n) is 5.79. The van der Waals surface area contributed by atoms with Gasteiger partial charge in [0.1, 0.15) is 11.4 Å². The molecule has 0 aromatic carbocycles. The summed E-state index contributed by atoms with van der Waals surface area (Å²) in [6.07, 6.45) is 3.58. The summed E-state index contributed by atoms with van der Waals surface area (Å²) < 4.78 is 7.10. The van der Waals surface area contributed by atoms with Crippen molar-refractivity contribution < 1.29 is 14.6 Å². The Hall–Kier alpha value is -2.45. The number of imidazole rings is 1. The van der Waals surface area contributed by atoms with Gasteiger partial charge in [0.15, 0.2) is 0 Å². The van der Waals surface area contributed by atoms with E-state index >= 15 is 0 Å². The maximum atomic E-state index is 12.4. The molecule has 24 heavy (non-hydrogen) atoms. The van der Waals surface area contributed by atoms with Crippen molar-refractivity contribution >= 4 is 5.91 Å². The summed E-state index contributed by atoms with van der Waals surface area (Å²) in [7, 11) is 1.51. The second kappa shape index (κ2) is 6.98. The molecule has 1 aliphatic heterocycles. The summed E-state index contributed by atoms with van der Waals surface area (Å²) in [6, 6.07) is 3.07. The predicted octanol–water partition coefficient (Wildman–Crippen LogP) is 0.0369. The van der Waals surface area contributed by atoms with Gasteiger partial charge in [0.05, 0.1) is 31.3 Å². The molecule has 8 nitrogen and oxygen atoms in total. The first kappa shape index (κ1) is 16.4. The number of aliphatic hydroxyl groups excluding tert-OH is 1. The number of hydrogen-bond donors (Lipinski definition) is 3. The molecule has 0 spiro atoms. The Morgan fingerprint density at radius 2 is 2.33 bits per heavy atom. The number of pyridine rings is 1. The Labute approximate surface area is 139 Å². The number of piperidine rings is 1. The number of hydrogen-bond acceptors (Lipinski definition) is 6. The molecule has 0 saturated carbocycles. The third kappa shape index (κ3) is 3.39. The number of aromatic nitrogens is 3. The molecule has 1 fully saturated rings. The van der Waals surface area contributed by atoms with Gasteiger partial charge >= 0.3 is 0 Å². The van der Waals surface area contributed by atoms with E-state index in [1.165, 1.54) is 7.11 Å². The largest absolute Gasteiger partial charge is 0.479 e. The molecule has 1 amide bonds. The molecular formula is C16H21N5O3. The van der Waals surface area contributed by atoms with Gasteiger partial charge in [-0.05, 0) is 32.0 Å². The van der Waals surface area contributed by atoms with Crippen LogP contribution in [0.4, 0.5) is 0 Å².